The zero-order valence-corrected chi connectivity index (χ0v) is 17.5. The molecule has 0 spiro atoms. The molecule has 0 aliphatic rings. The maximum atomic E-state index is 13.1. The number of hydrogen-bond acceptors (Lipinski definition) is 7. The molecular formula is C23H19N3O6. The molecule has 9 heteroatoms. The average Bonchev–Trinajstić information content (AvgIpc) is 2.82. The van der Waals surface area contributed by atoms with Crippen LogP contribution in [0.25, 0.3) is 21.8 Å². The normalized spacial score (nSPS) is 10.8. The zero-order valence-electron chi connectivity index (χ0n) is 17.5. The van der Waals surface area contributed by atoms with Crippen LogP contribution in [0.15, 0.2) is 58.1 Å². The van der Waals surface area contributed by atoms with Crippen LogP contribution in [-0.4, -0.2) is 43.2 Å². The molecule has 0 fully saturated rings. The fourth-order valence-electron chi connectivity index (χ4n) is 3.61. The fraction of sp³-hybridized carbons (Fsp3) is 0.130. The lowest BCUT2D eigenvalue weighted by atomic mass is 10.0. The molecule has 0 bridgehead atoms. The summed E-state index contributed by atoms with van der Waals surface area (Å²) in [5.41, 5.74) is 0.624. The van der Waals surface area contributed by atoms with Crippen molar-refractivity contribution < 1.29 is 19.1 Å². The van der Waals surface area contributed by atoms with E-state index in [-0.39, 0.29) is 27.7 Å². The third-order valence-electron chi connectivity index (χ3n) is 5.20. The van der Waals surface area contributed by atoms with E-state index in [2.05, 4.69) is 9.97 Å². The number of pyridine rings is 2. The topological polar surface area (TPSA) is 122 Å². The van der Waals surface area contributed by atoms with Crippen LogP contribution in [0.2, 0.25) is 0 Å². The van der Waals surface area contributed by atoms with Crippen molar-refractivity contribution in [3.63, 3.8) is 0 Å². The summed E-state index contributed by atoms with van der Waals surface area (Å²) in [6.45, 7) is 0. The SMILES string of the molecule is COC(=O)c1cc(=O)c2c([nH]1)c(N(C)c1ccccc1)cc1c(=O)cc(C(=O)OC)[nH]c12. The highest BCUT2D eigenvalue weighted by atomic mass is 16.5. The molecule has 2 heterocycles. The lowest BCUT2D eigenvalue weighted by molar-refractivity contribution is 0.0586. The van der Waals surface area contributed by atoms with Crippen LogP contribution in [0.4, 0.5) is 11.4 Å². The molecule has 0 saturated heterocycles. The van der Waals surface area contributed by atoms with E-state index in [1.807, 2.05) is 30.3 Å². The predicted molar refractivity (Wildman–Crippen MR) is 120 cm³/mol. The monoisotopic (exact) mass is 433 g/mol. The van der Waals surface area contributed by atoms with Crippen molar-refractivity contribution in [2.45, 2.75) is 0 Å². The molecule has 2 aromatic carbocycles. The van der Waals surface area contributed by atoms with Crippen LogP contribution in [0.5, 0.6) is 0 Å². The second-order valence-corrected chi connectivity index (χ2v) is 7.04. The number of para-hydroxylation sites is 1. The van der Waals surface area contributed by atoms with Gasteiger partial charge in [-0.3, -0.25) is 9.59 Å². The number of carbonyl (C=O) groups is 2. The van der Waals surface area contributed by atoms with Crippen LogP contribution in [0, 0.1) is 0 Å². The van der Waals surface area contributed by atoms with Gasteiger partial charge >= 0.3 is 11.9 Å². The minimum absolute atomic E-state index is 0.0430. The average molecular weight is 433 g/mol. The van der Waals surface area contributed by atoms with Crippen LogP contribution < -0.4 is 15.8 Å². The largest absolute Gasteiger partial charge is 0.464 e. The summed E-state index contributed by atoms with van der Waals surface area (Å²) in [7, 11) is 4.18. The van der Waals surface area contributed by atoms with Gasteiger partial charge in [0, 0.05) is 30.3 Å². The molecule has 162 valence electrons. The summed E-state index contributed by atoms with van der Waals surface area (Å²) in [5, 5.41) is 0.329. The first-order valence-corrected chi connectivity index (χ1v) is 9.58. The summed E-state index contributed by atoms with van der Waals surface area (Å²) in [5.74, 6) is -1.46. The van der Waals surface area contributed by atoms with Gasteiger partial charge in [-0.15, -0.1) is 0 Å². The Hall–Kier alpha value is -4.40. The maximum Gasteiger partial charge on any atom is 0.354 e. The van der Waals surface area contributed by atoms with E-state index in [0.29, 0.717) is 11.2 Å². The minimum Gasteiger partial charge on any atom is -0.464 e. The predicted octanol–water partition coefficient (Wildman–Crippen LogP) is 2.71. The van der Waals surface area contributed by atoms with E-state index >= 15 is 0 Å². The number of carbonyl (C=O) groups excluding carboxylic acids is 2. The van der Waals surface area contributed by atoms with Gasteiger partial charge in [-0.25, -0.2) is 9.59 Å². The Morgan fingerprint density at radius 1 is 0.812 bits per heavy atom. The number of anilines is 2. The number of H-pyrrole nitrogens is 2. The Kier molecular flexibility index (Phi) is 5.23. The van der Waals surface area contributed by atoms with Gasteiger partial charge in [-0.2, -0.15) is 0 Å². The van der Waals surface area contributed by atoms with Crippen molar-refractivity contribution in [1.29, 1.82) is 0 Å². The maximum absolute atomic E-state index is 13.1. The van der Waals surface area contributed by atoms with Crippen molar-refractivity contribution in [1.82, 2.24) is 9.97 Å². The third-order valence-corrected chi connectivity index (χ3v) is 5.20. The molecule has 0 radical (unpaired) electrons. The standard InChI is InChI=1S/C23H19N3O6/c1-26(12-7-5-4-6-8-12)16-9-13-17(27)10-14(22(29)31-2)24-20(13)19-18(28)11-15(23(30)32-3)25-21(16)19/h4-11H,1-3H3,(H,24,27)(H,25,28). The van der Waals surface area contributed by atoms with Gasteiger partial charge < -0.3 is 24.3 Å². The van der Waals surface area contributed by atoms with Gasteiger partial charge in [0.1, 0.15) is 11.4 Å². The summed E-state index contributed by atoms with van der Waals surface area (Å²) < 4.78 is 9.46. The summed E-state index contributed by atoms with van der Waals surface area (Å²) in [4.78, 5) is 57.7. The Bertz CT molecular complexity index is 1490. The number of aromatic amines is 2. The summed E-state index contributed by atoms with van der Waals surface area (Å²) >= 11 is 0. The van der Waals surface area contributed by atoms with Crippen molar-refractivity contribution in [3.8, 4) is 0 Å². The molecule has 0 unspecified atom stereocenters. The molecule has 0 atom stereocenters. The van der Waals surface area contributed by atoms with Crippen molar-refractivity contribution in [2.24, 2.45) is 0 Å². The third kappa shape index (κ3) is 3.39. The smallest absolute Gasteiger partial charge is 0.354 e. The van der Waals surface area contributed by atoms with E-state index in [4.69, 9.17) is 9.47 Å². The first-order valence-electron chi connectivity index (χ1n) is 9.58. The first-order chi connectivity index (χ1) is 15.3. The van der Waals surface area contributed by atoms with Crippen LogP contribution in [0.3, 0.4) is 0 Å². The number of methoxy groups -OCH3 is 2. The molecule has 9 nitrogen and oxygen atoms in total. The molecule has 0 aliphatic carbocycles. The number of nitrogens with one attached hydrogen (secondary N) is 2. The molecule has 4 aromatic rings. The molecule has 32 heavy (non-hydrogen) atoms. The molecule has 2 aromatic heterocycles. The highest BCUT2D eigenvalue weighted by Gasteiger charge is 2.20. The Morgan fingerprint density at radius 3 is 1.97 bits per heavy atom. The summed E-state index contributed by atoms with van der Waals surface area (Å²) in [6, 6.07) is 13.1. The quantitative estimate of drug-likeness (QED) is 0.375. The van der Waals surface area contributed by atoms with E-state index in [0.717, 1.165) is 17.8 Å². The Labute approximate surface area is 181 Å². The highest BCUT2D eigenvalue weighted by molar-refractivity contribution is 6.11. The summed E-state index contributed by atoms with van der Waals surface area (Å²) in [6.07, 6.45) is 0. The molecular weight excluding hydrogens is 414 g/mol. The number of aromatic nitrogens is 2. The number of esters is 2. The van der Waals surface area contributed by atoms with Gasteiger partial charge in [0.2, 0.25) is 0 Å². The van der Waals surface area contributed by atoms with Gasteiger partial charge in [-0.1, -0.05) is 18.2 Å². The number of nitrogens with zero attached hydrogens (tertiary/aromatic N) is 1. The lowest BCUT2D eigenvalue weighted by Gasteiger charge is -2.22. The molecule has 0 saturated carbocycles. The number of benzene rings is 2. The van der Waals surface area contributed by atoms with Gasteiger partial charge in [0.25, 0.3) is 0 Å². The number of hydrogen-bond donors (Lipinski definition) is 2. The van der Waals surface area contributed by atoms with Crippen molar-refractivity contribution >= 4 is 45.1 Å². The second kappa shape index (κ2) is 8.03. The Balaban J connectivity index is 2.16. The van der Waals surface area contributed by atoms with Crippen LogP contribution in [-0.2, 0) is 9.47 Å². The van der Waals surface area contributed by atoms with Gasteiger partial charge in [0.05, 0.1) is 36.3 Å². The van der Waals surface area contributed by atoms with Crippen LogP contribution in [0.1, 0.15) is 21.0 Å². The Morgan fingerprint density at radius 2 is 1.38 bits per heavy atom. The number of fused-ring (bicyclic) bond motifs is 3. The zero-order chi connectivity index (χ0) is 23.0. The van der Waals surface area contributed by atoms with Crippen molar-refractivity contribution in [3.05, 3.63) is 80.4 Å². The molecule has 2 N–H and O–H groups in total. The molecule has 4 rings (SSSR count). The fourth-order valence-corrected chi connectivity index (χ4v) is 3.61. The van der Waals surface area contributed by atoms with Gasteiger partial charge in [0.15, 0.2) is 10.9 Å². The van der Waals surface area contributed by atoms with Gasteiger partial charge in [-0.05, 0) is 18.2 Å². The van der Waals surface area contributed by atoms with E-state index in [9.17, 15) is 19.2 Å². The minimum atomic E-state index is -0.745. The number of ether oxygens (including phenoxy) is 2. The molecule has 0 amide bonds. The van der Waals surface area contributed by atoms with Crippen LogP contribution >= 0.6 is 0 Å². The van der Waals surface area contributed by atoms with E-state index in [1.54, 1.807) is 18.0 Å². The number of rotatable bonds is 4. The highest BCUT2D eigenvalue weighted by Crippen LogP contribution is 2.33. The van der Waals surface area contributed by atoms with E-state index in [1.165, 1.54) is 14.2 Å². The first kappa shape index (κ1) is 20.9. The lowest BCUT2D eigenvalue weighted by Crippen LogP contribution is -2.18. The van der Waals surface area contributed by atoms with Crippen molar-refractivity contribution in [2.75, 3.05) is 26.2 Å². The second-order valence-electron chi connectivity index (χ2n) is 7.04. The molecule has 0 aliphatic heterocycles. The van der Waals surface area contributed by atoms with E-state index < -0.39 is 22.8 Å².